The predicted octanol–water partition coefficient (Wildman–Crippen LogP) is 2.65. The monoisotopic (exact) mass is 302 g/mol. The number of benzene rings is 2. The fourth-order valence-electron chi connectivity index (χ4n) is 1.19. The van der Waals surface area contributed by atoms with Gasteiger partial charge in [0.25, 0.3) is 0 Å². The van der Waals surface area contributed by atoms with Gasteiger partial charge >= 0.3 is 106 Å². The van der Waals surface area contributed by atoms with E-state index in [1.54, 1.807) is 0 Å². The first-order chi connectivity index (χ1) is 7.27. The molecule has 0 atom stereocenters. The standard InChI is InChI=1S/C12H8Cl2Se/c13-10-7-4-8-11(14)12(10)15-9-5-2-1-3-6-9/h1-8H. The van der Waals surface area contributed by atoms with Crippen molar-refractivity contribution in [2.24, 2.45) is 0 Å². The van der Waals surface area contributed by atoms with Gasteiger partial charge in [-0.25, -0.2) is 0 Å². The minimum atomic E-state index is 0.177. The molecule has 0 saturated carbocycles. The molecule has 0 amide bonds. The molecule has 0 aliphatic rings. The van der Waals surface area contributed by atoms with E-state index in [4.69, 9.17) is 23.2 Å². The third kappa shape index (κ3) is 2.76. The molecule has 15 heavy (non-hydrogen) atoms. The Balaban J connectivity index is 2.32. The molecule has 0 nitrogen and oxygen atoms in total. The van der Waals surface area contributed by atoms with Crippen LogP contribution < -0.4 is 8.92 Å². The number of rotatable bonds is 2. The molecule has 0 saturated heterocycles. The van der Waals surface area contributed by atoms with Crippen LogP contribution in [0.1, 0.15) is 0 Å². The molecule has 2 aromatic carbocycles. The van der Waals surface area contributed by atoms with Gasteiger partial charge in [-0.05, 0) is 0 Å². The van der Waals surface area contributed by atoms with Gasteiger partial charge in [-0.3, -0.25) is 0 Å². The zero-order valence-corrected chi connectivity index (χ0v) is 11.0. The van der Waals surface area contributed by atoms with E-state index in [-0.39, 0.29) is 15.0 Å². The molecule has 2 aromatic rings. The molecule has 0 N–H and O–H groups in total. The first-order valence-electron chi connectivity index (χ1n) is 4.44. The third-order valence-electron chi connectivity index (χ3n) is 1.88. The summed E-state index contributed by atoms with van der Waals surface area (Å²) in [5.41, 5.74) is 0. The molecule has 0 spiro atoms. The average Bonchev–Trinajstić information content (AvgIpc) is 2.25. The Morgan fingerprint density at radius 1 is 0.733 bits per heavy atom. The van der Waals surface area contributed by atoms with E-state index in [0.717, 1.165) is 14.5 Å². The molecule has 76 valence electrons. The van der Waals surface area contributed by atoms with Crippen LogP contribution in [0.2, 0.25) is 10.0 Å². The summed E-state index contributed by atoms with van der Waals surface area (Å²) in [5, 5.41) is 1.51. The van der Waals surface area contributed by atoms with Crippen LogP contribution in [0, 0.1) is 0 Å². The van der Waals surface area contributed by atoms with Crippen molar-refractivity contribution < 1.29 is 0 Å². The van der Waals surface area contributed by atoms with E-state index in [1.807, 2.05) is 36.4 Å². The second-order valence-corrected chi connectivity index (χ2v) is 6.05. The number of hydrogen-bond acceptors (Lipinski definition) is 0. The van der Waals surface area contributed by atoms with Crippen molar-refractivity contribution in [3.8, 4) is 0 Å². The molecule has 0 fully saturated rings. The van der Waals surface area contributed by atoms with Gasteiger partial charge in [0.15, 0.2) is 0 Å². The van der Waals surface area contributed by atoms with Crippen molar-refractivity contribution in [3.63, 3.8) is 0 Å². The Morgan fingerprint density at radius 3 is 1.93 bits per heavy atom. The topological polar surface area (TPSA) is 0 Å². The minimum absolute atomic E-state index is 0.177. The van der Waals surface area contributed by atoms with Gasteiger partial charge in [0.05, 0.1) is 0 Å². The second kappa shape index (κ2) is 5.05. The fraction of sp³-hybridized carbons (Fsp3) is 0. The zero-order chi connectivity index (χ0) is 10.7. The summed E-state index contributed by atoms with van der Waals surface area (Å²) < 4.78 is 2.33. The molecule has 0 heterocycles. The van der Waals surface area contributed by atoms with Crippen molar-refractivity contribution in [1.82, 2.24) is 0 Å². The Kier molecular flexibility index (Phi) is 3.71. The van der Waals surface area contributed by atoms with Crippen molar-refractivity contribution in [1.29, 1.82) is 0 Å². The van der Waals surface area contributed by atoms with Crippen LogP contribution in [0.15, 0.2) is 48.5 Å². The Bertz CT molecular complexity index is 434. The van der Waals surface area contributed by atoms with E-state index in [1.165, 1.54) is 4.46 Å². The van der Waals surface area contributed by atoms with Crippen LogP contribution in [0.4, 0.5) is 0 Å². The average molecular weight is 302 g/mol. The molecule has 0 aliphatic carbocycles. The van der Waals surface area contributed by atoms with Gasteiger partial charge in [0.2, 0.25) is 0 Å². The molecule has 2 rings (SSSR count). The molecule has 0 radical (unpaired) electrons. The van der Waals surface area contributed by atoms with Crippen LogP contribution >= 0.6 is 23.2 Å². The van der Waals surface area contributed by atoms with Gasteiger partial charge in [0.1, 0.15) is 0 Å². The van der Waals surface area contributed by atoms with E-state index in [9.17, 15) is 0 Å². The van der Waals surface area contributed by atoms with Crippen LogP contribution in [0.5, 0.6) is 0 Å². The summed E-state index contributed by atoms with van der Waals surface area (Å²) in [4.78, 5) is 0. The van der Waals surface area contributed by atoms with Crippen LogP contribution in [-0.4, -0.2) is 15.0 Å². The van der Waals surface area contributed by atoms with Crippen LogP contribution in [0.25, 0.3) is 0 Å². The van der Waals surface area contributed by atoms with Gasteiger partial charge in [-0.15, -0.1) is 0 Å². The van der Waals surface area contributed by atoms with E-state index >= 15 is 0 Å². The molecule has 0 aromatic heterocycles. The quantitative estimate of drug-likeness (QED) is 0.748. The van der Waals surface area contributed by atoms with Crippen molar-refractivity contribution in [3.05, 3.63) is 58.6 Å². The number of hydrogen-bond donors (Lipinski definition) is 0. The number of halogens is 2. The second-order valence-electron chi connectivity index (χ2n) is 2.97. The Labute approximate surface area is 105 Å². The molecule has 0 unspecified atom stereocenters. The van der Waals surface area contributed by atoms with Crippen molar-refractivity contribution >= 4 is 47.1 Å². The molecule has 0 bridgehead atoms. The Hall–Kier alpha value is -0.461. The summed E-state index contributed by atoms with van der Waals surface area (Å²) in [6.07, 6.45) is 0. The maximum atomic E-state index is 6.11. The summed E-state index contributed by atoms with van der Waals surface area (Å²) in [6.45, 7) is 0. The van der Waals surface area contributed by atoms with Gasteiger partial charge < -0.3 is 0 Å². The summed E-state index contributed by atoms with van der Waals surface area (Å²) in [6, 6.07) is 15.9. The first-order valence-corrected chi connectivity index (χ1v) is 6.91. The normalized spacial score (nSPS) is 10.3. The molecule has 3 heteroatoms. The molecule has 0 aliphatic heterocycles. The molecular weight excluding hydrogens is 294 g/mol. The maximum absolute atomic E-state index is 6.11. The van der Waals surface area contributed by atoms with Gasteiger partial charge in [-0.2, -0.15) is 0 Å². The SMILES string of the molecule is Clc1cccc(Cl)c1[Se]c1ccccc1. The zero-order valence-electron chi connectivity index (χ0n) is 7.78. The summed E-state index contributed by atoms with van der Waals surface area (Å²) >= 11 is 12.4. The first kappa shape index (κ1) is 11.0. The van der Waals surface area contributed by atoms with Crippen LogP contribution in [0.3, 0.4) is 0 Å². The van der Waals surface area contributed by atoms with E-state index in [0.29, 0.717) is 0 Å². The third-order valence-corrected chi connectivity index (χ3v) is 5.44. The summed E-state index contributed by atoms with van der Waals surface area (Å²) in [7, 11) is 0. The predicted molar refractivity (Wildman–Crippen MR) is 67.9 cm³/mol. The summed E-state index contributed by atoms with van der Waals surface area (Å²) in [5.74, 6) is 0. The van der Waals surface area contributed by atoms with Gasteiger partial charge in [0, 0.05) is 0 Å². The Morgan fingerprint density at radius 2 is 1.33 bits per heavy atom. The molecular formula is C12H8Cl2Se. The van der Waals surface area contributed by atoms with Crippen LogP contribution in [-0.2, 0) is 0 Å². The fourth-order valence-corrected chi connectivity index (χ4v) is 3.79. The van der Waals surface area contributed by atoms with E-state index in [2.05, 4.69) is 12.1 Å². The van der Waals surface area contributed by atoms with E-state index < -0.39 is 0 Å². The van der Waals surface area contributed by atoms with Crippen molar-refractivity contribution in [2.75, 3.05) is 0 Å². The van der Waals surface area contributed by atoms with Gasteiger partial charge in [-0.1, -0.05) is 0 Å². The van der Waals surface area contributed by atoms with Crippen molar-refractivity contribution in [2.45, 2.75) is 0 Å².